The minimum Gasteiger partial charge on any atom is -0.493 e. The number of ether oxygens (including phenoxy) is 2. The number of halogens is 1. The molecule has 1 aliphatic rings. The Morgan fingerprint density at radius 3 is 2.31 bits per heavy atom. The van der Waals surface area contributed by atoms with Gasteiger partial charge in [-0.3, -0.25) is 9.59 Å². The number of alkyl halides is 1. The summed E-state index contributed by atoms with van der Waals surface area (Å²) >= 11 is 6.06. The Labute approximate surface area is 220 Å². The summed E-state index contributed by atoms with van der Waals surface area (Å²) in [5.41, 5.74) is 2.70. The number of aryl methyl sites for hydroxylation is 1. The minimum atomic E-state index is -0.862. The molecule has 1 atom stereocenters. The molecule has 0 bridgehead atoms. The first kappa shape index (κ1) is 27.9. The normalized spacial score (nSPS) is 18.4. The van der Waals surface area contributed by atoms with Gasteiger partial charge in [-0.15, -0.1) is 11.6 Å². The zero-order valence-corrected chi connectivity index (χ0v) is 22.8. The van der Waals surface area contributed by atoms with Crippen molar-refractivity contribution in [2.45, 2.75) is 78.1 Å². The van der Waals surface area contributed by atoms with Crippen molar-refractivity contribution in [1.82, 2.24) is 10.2 Å². The fraction of sp³-hybridized carbons (Fsp3) is 0.517. The first-order chi connectivity index (χ1) is 17.2. The number of amides is 2. The second kappa shape index (κ2) is 13.0. The van der Waals surface area contributed by atoms with Gasteiger partial charge in [-0.1, -0.05) is 42.8 Å². The molecule has 0 aromatic heterocycles. The highest BCUT2D eigenvalue weighted by atomic mass is 35.5. The van der Waals surface area contributed by atoms with Crippen molar-refractivity contribution in [2.75, 3.05) is 13.0 Å². The van der Waals surface area contributed by atoms with Gasteiger partial charge in [0.05, 0.1) is 13.2 Å². The van der Waals surface area contributed by atoms with E-state index >= 15 is 0 Å². The summed E-state index contributed by atoms with van der Waals surface area (Å²) < 4.78 is 11.5. The highest BCUT2D eigenvalue weighted by Gasteiger charge is 2.33. The summed E-state index contributed by atoms with van der Waals surface area (Å²) in [6.07, 6.45) is 4.00. The summed E-state index contributed by atoms with van der Waals surface area (Å²) in [4.78, 5) is 28.6. The van der Waals surface area contributed by atoms with Gasteiger partial charge in [0.25, 0.3) is 0 Å². The van der Waals surface area contributed by atoms with Crippen molar-refractivity contribution in [3.05, 3.63) is 59.2 Å². The van der Waals surface area contributed by atoms with Crippen LogP contribution in [0.1, 0.15) is 69.2 Å². The van der Waals surface area contributed by atoms with Gasteiger partial charge in [0.1, 0.15) is 11.9 Å². The molecule has 7 heteroatoms. The zero-order chi connectivity index (χ0) is 26.2. The fourth-order valence-corrected chi connectivity index (χ4v) is 4.81. The van der Waals surface area contributed by atoms with Crippen LogP contribution in [0.5, 0.6) is 11.5 Å². The summed E-state index contributed by atoms with van der Waals surface area (Å²) in [5.74, 6) is 1.03. The van der Waals surface area contributed by atoms with Gasteiger partial charge in [-0.25, -0.2) is 0 Å². The Morgan fingerprint density at radius 2 is 1.72 bits per heavy atom. The molecule has 0 saturated heterocycles. The predicted molar refractivity (Wildman–Crippen MR) is 144 cm³/mol. The lowest BCUT2D eigenvalue weighted by Crippen LogP contribution is -2.47. The van der Waals surface area contributed by atoms with Gasteiger partial charge in [-0.05, 0) is 75.6 Å². The Morgan fingerprint density at radius 1 is 1.06 bits per heavy atom. The summed E-state index contributed by atoms with van der Waals surface area (Å²) in [7, 11) is 1.57. The Hall–Kier alpha value is -2.73. The molecular formula is C29H39ClN2O4. The maximum atomic E-state index is 13.8. The van der Waals surface area contributed by atoms with Crippen LogP contribution in [0.2, 0.25) is 0 Å². The molecule has 2 aromatic rings. The average Bonchev–Trinajstić information content (AvgIpc) is 2.86. The van der Waals surface area contributed by atoms with Crippen molar-refractivity contribution in [2.24, 2.45) is 5.92 Å². The summed E-state index contributed by atoms with van der Waals surface area (Å²) in [6, 6.07) is 12.6. The first-order valence-corrected chi connectivity index (χ1v) is 13.3. The number of nitrogens with zero attached hydrogens (tertiary/aromatic N) is 1. The second-order valence-corrected chi connectivity index (χ2v) is 10.4. The Kier molecular flexibility index (Phi) is 10.1. The molecule has 1 saturated carbocycles. The third kappa shape index (κ3) is 7.39. The molecule has 0 unspecified atom stereocenters. The molecule has 6 nitrogen and oxygen atoms in total. The van der Waals surface area contributed by atoms with Crippen molar-refractivity contribution in [3.63, 3.8) is 0 Å². The molecule has 1 N–H and O–H groups in total. The van der Waals surface area contributed by atoms with Gasteiger partial charge in [0.2, 0.25) is 11.8 Å². The monoisotopic (exact) mass is 514 g/mol. The van der Waals surface area contributed by atoms with Crippen LogP contribution in [-0.4, -0.2) is 41.8 Å². The number of rotatable bonds is 10. The molecule has 2 aromatic carbocycles. The number of benzene rings is 2. The lowest BCUT2D eigenvalue weighted by molar-refractivity contribution is -0.140. The topological polar surface area (TPSA) is 67.9 Å². The third-order valence-electron chi connectivity index (χ3n) is 6.70. The standard InChI is InChI=1S/C29H39ClN2O4/c1-19(2)36-25-15-12-23(16-26(25)35-5)28(29(34)31-24-13-8-21(4)9-14-24)32(27(33)17-30)18-22-10-6-20(3)7-11-22/h6-7,10-12,15-16,19,21,24,28H,8-9,13-14,17-18H2,1-5H3,(H,31,34)/t21?,24?,28-/m1/s1. The van der Waals surface area contributed by atoms with E-state index in [-0.39, 0.29) is 36.4 Å². The molecule has 1 aliphatic carbocycles. The van der Waals surface area contributed by atoms with E-state index in [1.165, 1.54) is 0 Å². The van der Waals surface area contributed by atoms with Crippen molar-refractivity contribution >= 4 is 23.4 Å². The fourth-order valence-electron chi connectivity index (χ4n) is 4.65. The largest absolute Gasteiger partial charge is 0.493 e. The van der Waals surface area contributed by atoms with Gasteiger partial charge in [-0.2, -0.15) is 0 Å². The maximum absolute atomic E-state index is 13.8. The Bertz CT molecular complexity index is 1020. The highest BCUT2D eigenvalue weighted by Crippen LogP contribution is 2.34. The van der Waals surface area contributed by atoms with Gasteiger partial charge >= 0.3 is 0 Å². The second-order valence-electron chi connectivity index (χ2n) is 10.1. The van der Waals surface area contributed by atoms with E-state index in [9.17, 15) is 9.59 Å². The number of carbonyl (C=O) groups is 2. The van der Waals surface area contributed by atoms with E-state index in [1.807, 2.05) is 51.1 Å². The zero-order valence-electron chi connectivity index (χ0n) is 22.1. The molecule has 1 fully saturated rings. The number of hydrogen-bond acceptors (Lipinski definition) is 4. The highest BCUT2D eigenvalue weighted by molar-refractivity contribution is 6.27. The molecular weight excluding hydrogens is 476 g/mol. The number of methoxy groups -OCH3 is 1. The first-order valence-electron chi connectivity index (χ1n) is 12.8. The molecule has 0 spiro atoms. The SMILES string of the molecule is COc1cc([C@H](C(=O)NC2CCC(C)CC2)N(Cc2ccc(C)cc2)C(=O)CCl)ccc1OC(C)C. The summed E-state index contributed by atoms with van der Waals surface area (Å²) in [6.45, 7) is 8.41. The molecule has 0 radical (unpaired) electrons. The van der Waals surface area contributed by atoms with E-state index in [4.69, 9.17) is 21.1 Å². The lowest BCUT2D eigenvalue weighted by Gasteiger charge is -2.34. The van der Waals surface area contributed by atoms with Crippen molar-refractivity contribution in [3.8, 4) is 11.5 Å². The van der Waals surface area contributed by atoms with Gasteiger partial charge < -0.3 is 19.7 Å². The maximum Gasteiger partial charge on any atom is 0.247 e. The number of carbonyl (C=O) groups excluding carboxylic acids is 2. The molecule has 3 rings (SSSR count). The van der Waals surface area contributed by atoms with E-state index < -0.39 is 6.04 Å². The molecule has 2 amide bonds. The lowest BCUT2D eigenvalue weighted by atomic mass is 9.87. The van der Waals surface area contributed by atoms with Gasteiger partial charge in [0, 0.05) is 12.6 Å². The van der Waals surface area contributed by atoms with Crippen LogP contribution in [0.3, 0.4) is 0 Å². The molecule has 36 heavy (non-hydrogen) atoms. The predicted octanol–water partition coefficient (Wildman–Crippen LogP) is 5.79. The molecule has 0 heterocycles. The van der Waals surface area contributed by atoms with E-state index in [0.717, 1.165) is 36.8 Å². The van der Waals surface area contributed by atoms with E-state index in [2.05, 4.69) is 12.2 Å². The molecule has 196 valence electrons. The number of nitrogens with one attached hydrogen (secondary N) is 1. The van der Waals surface area contributed by atoms with Crippen LogP contribution in [0.25, 0.3) is 0 Å². The van der Waals surface area contributed by atoms with Crippen LogP contribution in [-0.2, 0) is 16.1 Å². The number of hydrogen-bond donors (Lipinski definition) is 1. The van der Waals surface area contributed by atoms with Crippen molar-refractivity contribution in [1.29, 1.82) is 0 Å². The minimum absolute atomic E-state index is 0.0339. The quantitative estimate of drug-likeness (QED) is 0.407. The van der Waals surface area contributed by atoms with E-state index in [1.54, 1.807) is 24.1 Å². The van der Waals surface area contributed by atoms with Gasteiger partial charge in [0.15, 0.2) is 11.5 Å². The Balaban J connectivity index is 2.00. The van der Waals surface area contributed by atoms with E-state index in [0.29, 0.717) is 23.0 Å². The smallest absolute Gasteiger partial charge is 0.247 e. The third-order valence-corrected chi connectivity index (χ3v) is 6.93. The van der Waals surface area contributed by atoms with Crippen LogP contribution >= 0.6 is 11.6 Å². The van der Waals surface area contributed by atoms with Crippen LogP contribution < -0.4 is 14.8 Å². The van der Waals surface area contributed by atoms with Crippen LogP contribution in [0.15, 0.2) is 42.5 Å². The average molecular weight is 515 g/mol. The van der Waals surface area contributed by atoms with Crippen molar-refractivity contribution < 1.29 is 19.1 Å². The van der Waals surface area contributed by atoms with Crippen LogP contribution in [0, 0.1) is 12.8 Å². The van der Waals surface area contributed by atoms with Crippen LogP contribution in [0.4, 0.5) is 0 Å². The summed E-state index contributed by atoms with van der Waals surface area (Å²) in [5, 5.41) is 3.23. The molecule has 0 aliphatic heterocycles.